The van der Waals surface area contributed by atoms with Crippen LogP contribution in [-0.4, -0.2) is 90.2 Å². The van der Waals surface area contributed by atoms with Gasteiger partial charge in [-0.15, -0.1) is 0 Å². The predicted octanol–water partition coefficient (Wildman–Crippen LogP) is 2.76. The first-order chi connectivity index (χ1) is 18.0. The number of nitrogens with zero attached hydrogens (tertiary/aromatic N) is 6. The average molecular weight is 568 g/mol. The lowest BCUT2D eigenvalue weighted by atomic mass is 9.92. The third kappa shape index (κ3) is 9.10. The number of alkyl halides is 6. The summed E-state index contributed by atoms with van der Waals surface area (Å²) in [7, 11) is 0. The first kappa shape index (κ1) is 31.3. The lowest BCUT2D eigenvalue weighted by Crippen LogP contribution is -2.49. The van der Waals surface area contributed by atoms with Crippen molar-refractivity contribution in [3.63, 3.8) is 0 Å². The lowest BCUT2D eigenvalue weighted by Gasteiger charge is -2.38. The fourth-order valence-electron chi connectivity index (χ4n) is 4.36. The molecule has 2 aromatic heterocycles. The van der Waals surface area contributed by atoms with Crippen molar-refractivity contribution >= 4 is 23.8 Å². The van der Waals surface area contributed by atoms with Crippen LogP contribution in [0.4, 0.5) is 32.3 Å². The van der Waals surface area contributed by atoms with Gasteiger partial charge in [-0.2, -0.15) is 31.4 Å². The first-order valence-electron chi connectivity index (χ1n) is 11.4. The molecule has 216 valence electrons. The maximum absolute atomic E-state index is 12.3. The summed E-state index contributed by atoms with van der Waals surface area (Å²) in [6.45, 7) is 6.25. The average Bonchev–Trinajstić information content (AvgIpc) is 3.46. The number of piperidine rings is 1. The Bertz CT molecular complexity index is 1090. The van der Waals surface area contributed by atoms with Gasteiger partial charge in [0.25, 0.3) is 0 Å². The number of aryl methyl sites for hydroxylation is 1. The SMILES string of the molecule is CC(=O)N1[C@H](Cn2cccn2)C[C@@H]2CN(c3ncc(C)cn3)CC[C@@H]21.O=C(O)C(F)(F)F.O=C(O)C(F)(F)F. The van der Waals surface area contributed by atoms with Crippen LogP contribution in [0.1, 0.15) is 25.3 Å². The van der Waals surface area contributed by atoms with Gasteiger partial charge in [-0.3, -0.25) is 9.48 Å². The number of aromatic nitrogens is 4. The number of carboxylic acids is 2. The van der Waals surface area contributed by atoms with Gasteiger partial charge in [0.1, 0.15) is 0 Å². The molecule has 2 aliphatic heterocycles. The van der Waals surface area contributed by atoms with Gasteiger partial charge < -0.3 is 20.0 Å². The van der Waals surface area contributed by atoms with E-state index < -0.39 is 24.3 Å². The number of fused-ring (bicyclic) bond motifs is 1. The maximum Gasteiger partial charge on any atom is 0.490 e. The summed E-state index contributed by atoms with van der Waals surface area (Å²) in [4.78, 5) is 43.4. The molecule has 0 aromatic carbocycles. The van der Waals surface area contributed by atoms with Gasteiger partial charge >= 0.3 is 24.3 Å². The molecular formula is C22H26F6N6O5. The molecule has 4 heterocycles. The van der Waals surface area contributed by atoms with Crippen molar-refractivity contribution in [2.24, 2.45) is 5.92 Å². The highest BCUT2D eigenvalue weighted by molar-refractivity contribution is 5.74. The highest BCUT2D eigenvalue weighted by Crippen LogP contribution is 2.37. The van der Waals surface area contributed by atoms with Crippen LogP contribution >= 0.6 is 0 Å². The number of hydrogen-bond acceptors (Lipinski definition) is 7. The minimum atomic E-state index is -5.08. The summed E-state index contributed by atoms with van der Waals surface area (Å²) < 4.78 is 65.4. The van der Waals surface area contributed by atoms with Crippen molar-refractivity contribution < 1.29 is 50.9 Å². The van der Waals surface area contributed by atoms with Crippen LogP contribution in [-0.2, 0) is 20.9 Å². The van der Waals surface area contributed by atoms with Crippen molar-refractivity contribution in [2.75, 3.05) is 18.0 Å². The van der Waals surface area contributed by atoms with Gasteiger partial charge in [-0.05, 0) is 37.3 Å². The Balaban J connectivity index is 0.000000317. The number of carboxylic acid groups (broad SMARTS) is 2. The Morgan fingerprint density at radius 3 is 2.00 bits per heavy atom. The normalized spacial score (nSPS) is 20.7. The molecule has 0 unspecified atom stereocenters. The second-order valence-corrected chi connectivity index (χ2v) is 8.77. The number of amides is 1. The summed E-state index contributed by atoms with van der Waals surface area (Å²) in [6, 6.07) is 2.46. The molecule has 1 amide bonds. The quantitative estimate of drug-likeness (QED) is 0.535. The molecule has 2 aromatic rings. The number of halogens is 6. The predicted molar refractivity (Wildman–Crippen MR) is 121 cm³/mol. The molecular weight excluding hydrogens is 542 g/mol. The van der Waals surface area contributed by atoms with E-state index in [0.29, 0.717) is 12.0 Å². The Hall–Kier alpha value is -3.92. The zero-order valence-electron chi connectivity index (χ0n) is 20.7. The zero-order chi connectivity index (χ0) is 29.5. The standard InChI is InChI=1S/C18H24N6O.2C2HF3O2/c1-13-9-19-18(20-10-13)22-7-4-17-15(11-22)8-16(24(17)14(2)25)12-23-6-3-5-21-23;2*3-2(4,5)1(6)7/h3,5-6,9-10,15-17H,4,7-8,11-12H2,1-2H3;2*(H,6,7)/t15-,16+,17+;;/m1../s1. The molecule has 3 atom stereocenters. The summed E-state index contributed by atoms with van der Waals surface area (Å²) in [5, 5.41) is 18.6. The topological polar surface area (TPSA) is 142 Å². The third-order valence-electron chi connectivity index (χ3n) is 5.88. The molecule has 0 spiro atoms. The molecule has 2 aliphatic rings. The van der Waals surface area contributed by atoms with Crippen molar-refractivity contribution in [2.45, 2.75) is 57.7 Å². The number of anilines is 1. The smallest absolute Gasteiger partial charge is 0.475 e. The molecule has 4 rings (SSSR count). The maximum atomic E-state index is 12.3. The fraction of sp³-hybridized carbons (Fsp3) is 0.545. The summed E-state index contributed by atoms with van der Waals surface area (Å²) >= 11 is 0. The van der Waals surface area contributed by atoms with Gasteiger partial charge in [-0.25, -0.2) is 19.6 Å². The first-order valence-corrected chi connectivity index (χ1v) is 11.4. The minimum Gasteiger partial charge on any atom is -0.475 e. The summed E-state index contributed by atoms with van der Waals surface area (Å²) in [6.07, 6.45) is -0.705. The van der Waals surface area contributed by atoms with Crippen LogP contribution < -0.4 is 4.90 Å². The largest absolute Gasteiger partial charge is 0.490 e. The highest BCUT2D eigenvalue weighted by Gasteiger charge is 2.45. The van der Waals surface area contributed by atoms with Crippen molar-refractivity contribution in [3.05, 3.63) is 36.4 Å². The summed E-state index contributed by atoms with van der Waals surface area (Å²) in [5.74, 6) is -4.08. The van der Waals surface area contributed by atoms with E-state index in [9.17, 15) is 31.1 Å². The Morgan fingerprint density at radius 1 is 1.03 bits per heavy atom. The Kier molecular flexibility index (Phi) is 10.2. The number of hydrogen-bond donors (Lipinski definition) is 2. The van der Waals surface area contributed by atoms with E-state index >= 15 is 0 Å². The second kappa shape index (κ2) is 12.8. The molecule has 0 aliphatic carbocycles. The van der Waals surface area contributed by atoms with Gasteiger partial charge in [0.05, 0.1) is 12.6 Å². The number of carbonyl (C=O) groups is 3. The molecule has 2 fully saturated rings. The van der Waals surface area contributed by atoms with Crippen LogP contribution in [0.25, 0.3) is 0 Å². The Morgan fingerprint density at radius 2 is 1.56 bits per heavy atom. The van der Waals surface area contributed by atoms with E-state index in [1.165, 1.54) is 0 Å². The number of likely N-dealkylation sites (tertiary alicyclic amines) is 1. The van der Waals surface area contributed by atoms with E-state index in [4.69, 9.17) is 19.8 Å². The molecule has 11 nitrogen and oxygen atoms in total. The van der Waals surface area contributed by atoms with Gasteiger partial charge in [-0.1, -0.05) is 0 Å². The van der Waals surface area contributed by atoms with Gasteiger partial charge in [0.15, 0.2) is 0 Å². The van der Waals surface area contributed by atoms with E-state index in [0.717, 1.165) is 44.0 Å². The monoisotopic (exact) mass is 568 g/mol. The fourth-order valence-corrected chi connectivity index (χ4v) is 4.36. The second-order valence-electron chi connectivity index (χ2n) is 8.77. The van der Waals surface area contributed by atoms with Crippen LogP contribution in [0, 0.1) is 12.8 Å². The molecule has 0 saturated carbocycles. The molecule has 39 heavy (non-hydrogen) atoms. The number of aliphatic carboxylic acids is 2. The van der Waals surface area contributed by atoms with E-state index in [1.807, 2.05) is 36.3 Å². The van der Waals surface area contributed by atoms with Gasteiger partial charge in [0.2, 0.25) is 11.9 Å². The number of carbonyl (C=O) groups excluding carboxylic acids is 1. The van der Waals surface area contributed by atoms with Crippen molar-refractivity contribution in [1.29, 1.82) is 0 Å². The van der Waals surface area contributed by atoms with Crippen LogP contribution in [0.5, 0.6) is 0 Å². The van der Waals surface area contributed by atoms with E-state index in [2.05, 4.69) is 24.9 Å². The molecule has 2 saturated heterocycles. The van der Waals surface area contributed by atoms with Crippen LogP contribution in [0.15, 0.2) is 30.9 Å². The summed E-state index contributed by atoms with van der Waals surface area (Å²) in [5.41, 5.74) is 1.07. The van der Waals surface area contributed by atoms with Crippen LogP contribution in [0.3, 0.4) is 0 Å². The van der Waals surface area contributed by atoms with Gasteiger partial charge in [0, 0.05) is 50.8 Å². The van der Waals surface area contributed by atoms with E-state index in [-0.39, 0.29) is 11.9 Å². The van der Waals surface area contributed by atoms with Crippen molar-refractivity contribution in [3.8, 4) is 0 Å². The highest BCUT2D eigenvalue weighted by atomic mass is 19.4. The lowest BCUT2D eigenvalue weighted by molar-refractivity contribution is -0.193. The third-order valence-corrected chi connectivity index (χ3v) is 5.88. The van der Waals surface area contributed by atoms with E-state index in [1.54, 1.807) is 13.1 Å². The molecule has 2 N–H and O–H groups in total. The van der Waals surface area contributed by atoms with Crippen LogP contribution in [0.2, 0.25) is 0 Å². The minimum absolute atomic E-state index is 0.171. The Labute approximate surface area is 218 Å². The van der Waals surface area contributed by atoms with Crippen molar-refractivity contribution in [1.82, 2.24) is 24.6 Å². The zero-order valence-corrected chi connectivity index (χ0v) is 20.7. The number of rotatable bonds is 3. The molecule has 0 bridgehead atoms. The molecule has 17 heteroatoms. The molecule has 0 radical (unpaired) electrons.